The van der Waals surface area contributed by atoms with Gasteiger partial charge in [0, 0.05) is 6.42 Å². The molecule has 0 radical (unpaired) electrons. The van der Waals surface area contributed by atoms with E-state index in [1.54, 1.807) is 6.92 Å². The van der Waals surface area contributed by atoms with Gasteiger partial charge in [0.1, 0.15) is 12.7 Å². The van der Waals surface area contributed by atoms with E-state index in [1.807, 2.05) is 46.8 Å². The lowest BCUT2D eigenvalue weighted by Crippen LogP contribution is -2.30. The number of esters is 2. The summed E-state index contributed by atoms with van der Waals surface area (Å²) >= 11 is 0. The Morgan fingerprint density at radius 2 is 1.64 bits per heavy atom. The minimum atomic E-state index is -0.414. The minimum Gasteiger partial charge on any atom is -0.458 e. The van der Waals surface area contributed by atoms with Gasteiger partial charge in [-0.25, -0.2) is 4.79 Å². The molecular weight excluding hydrogens is 280 g/mol. The molecule has 0 aliphatic rings. The Morgan fingerprint density at radius 1 is 1.09 bits per heavy atom. The molecule has 1 aromatic rings. The highest BCUT2D eigenvalue weighted by atomic mass is 16.6. The average Bonchev–Trinajstić information content (AvgIpc) is 2.41. The Bertz CT molecular complexity index is 523. The fourth-order valence-electron chi connectivity index (χ4n) is 2.35. The summed E-state index contributed by atoms with van der Waals surface area (Å²) in [6.07, 6.45) is -0.102. The smallest absolute Gasteiger partial charge is 0.338 e. The molecule has 0 aromatic heterocycles. The summed E-state index contributed by atoms with van der Waals surface area (Å²) < 4.78 is 10.7. The molecule has 1 unspecified atom stereocenters. The van der Waals surface area contributed by atoms with E-state index in [-0.39, 0.29) is 24.5 Å². The topological polar surface area (TPSA) is 52.6 Å². The second-order valence-electron chi connectivity index (χ2n) is 6.00. The molecular formula is C18H26O4. The summed E-state index contributed by atoms with van der Waals surface area (Å²) in [5, 5.41) is 0. The molecule has 1 atom stereocenters. The van der Waals surface area contributed by atoms with Crippen molar-refractivity contribution in [2.75, 3.05) is 6.61 Å². The first kappa shape index (κ1) is 18.2. The van der Waals surface area contributed by atoms with E-state index >= 15 is 0 Å². The maximum absolute atomic E-state index is 12.3. The van der Waals surface area contributed by atoms with Crippen LogP contribution in [0.1, 0.15) is 54.2 Å². The molecule has 0 aliphatic heterocycles. The summed E-state index contributed by atoms with van der Waals surface area (Å²) in [7, 11) is 0. The highest BCUT2D eigenvalue weighted by molar-refractivity contribution is 5.92. The minimum absolute atomic E-state index is 0.0784. The molecule has 0 aliphatic carbocycles. The lowest BCUT2D eigenvalue weighted by atomic mass is 10.00. The van der Waals surface area contributed by atoms with E-state index in [1.165, 1.54) is 0 Å². The van der Waals surface area contributed by atoms with Crippen molar-refractivity contribution in [1.82, 2.24) is 0 Å². The van der Waals surface area contributed by atoms with Crippen molar-refractivity contribution in [2.24, 2.45) is 5.92 Å². The van der Waals surface area contributed by atoms with Crippen LogP contribution in [-0.4, -0.2) is 24.6 Å². The van der Waals surface area contributed by atoms with Crippen LogP contribution >= 0.6 is 0 Å². The summed E-state index contributed by atoms with van der Waals surface area (Å²) in [5.74, 6) is -0.561. The first-order chi connectivity index (χ1) is 10.3. The van der Waals surface area contributed by atoms with Gasteiger partial charge in [-0.2, -0.15) is 0 Å². The van der Waals surface area contributed by atoms with Crippen LogP contribution < -0.4 is 0 Å². The van der Waals surface area contributed by atoms with Crippen LogP contribution in [0.15, 0.2) is 12.1 Å². The number of benzene rings is 1. The zero-order chi connectivity index (χ0) is 16.9. The first-order valence-electron chi connectivity index (χ1n) is 7.70. The predicted molar refractivity (Wildman–Crippen MR) is 85.9 cm³/mol. The third-order valence-electron chi connectivity index (χ3n) is 3.57. The third kappa shape index (κ3) is 4.86. The fourth-order valence-corrected chi connectivity index (χ4v) is 2.35. The van der Waals surface area contributed by atoms with Gasteiger partial charge in [-0.15, -0.1) is 0 Å². The molecule has 0 saturated heterocycles. The fraction of sp³-hybridized carbons (Fsp3) is 0.556. The molecule has 1 rings (SSSR count). The number of carbonyl (C=O) groups is 2. The molecule has 0 fully saturated rings. The highest BCUT2D eigenvalue weighted by Crippen LogP contribution is 2.18. The standard InChI is InChI=1S/C18H26O4/c1-7-16(19)22-15(11(2)3)10-21-18(20)17-13(5)8-12(4)9-14(17)6/h8-9,11,15H,7,10H2,1-6H3. The van der Waals surface area contributed by atoms with Crippen molar-refractivity contribution < 1.29 is 19.1 Å². The number of hydrogen-bond acceptors (Lipinski definition) is 4. The van der Waals surface area contributed by atoms with E-state index in [9.17, 15) is 9.59 Å². The van der Waals surface area contributed by atoms with Gasteiger partial charge < -0.3 is 9.47 Å². The third-order valence-corrected chi connectivity index (χ3v) is 3.57. The lowest BCUT2D eigenvalue weighted by molar-refractivity contribution is -0.153. The molecule has 4 nitrogen and oxygen atoms in total. The Balaban J connectivity index is 2.78. The summed E-state index contributed by atoms with van der Waals surface area (Å²) in [4.78, 5) is 23.7. The molecule has 0 amide bonds. The Labute approximate surface area is 132 Å². The second-order valence-corrected chi connectivity index (χ2v) is 6.00. The zero-order valence-electron chi connectivity index (χ0n) is 14.4. The van der Waals surface area contributed by atoms with E-state index in [2.05, 4.69) is 0 Å². The number of aryl methyl sites for hydroxylation is 3. The Hall–Kier alpha value is -1.84. The van der Waals surface area contributed by atoms with E-state index in [4.69, 9.17) is 9.47 Å². The Kier molecular flexibility index (Phi) is 6.60. The number of ether oxygens (including phenoxy) is 2. The predicted octanol–water partition coefficient (Wildman–Crippen LogP) is 3.75. The number of carbonyl (C=O) groups excluding carboxylic acids is 2. The SMILES string of the molecule is CCC(=O)OC(COC(=O)c1c(C)cc(C)cc1C)C(C)C. The van der Waals surface area contributed by atoms with Gasteiger partial charge in [-0.05, 0) is 37.8 Å². The van der Waals surface area contributed by atoms with Gasteiger partial charge in [0.05, 0.1) is 5.56 Å². The van der Waals surface area contributed by atoms with Crippen molar-refractivity contribution >= 4 is 11.9 Å². The molecule has 0 heterocycles. The van der Waals surface area contributed by atoms with Crippen molar-refractivity contribution in [1.29, 1.82) is 0 Å². The van der Waals surface area contributed by atoms with Crippen LogP contribution in [0.3, 0.4) is 0 Å². The van der Waals surface area contributed by atoms with E-state index in [0.29, 0.717) is 12.0 Å². The highest BCUT2D eigenvalue weighted by Gasteiger charge is 2.21. The quantitative estimate of drug-likeness (QED) is 0.751. The zero-order valence-corrected chi connectivity index (χ0v) is 14.4. The van der Waals surface area contributed by atoms with E-state index in [0.717, 1.165) is 16.7 Å². The summed E-state index contributed by atoms with van der Waals surface area (Å²) in [6, 6.07) is 3.92. The summed E-state index contributed by atoms with van der Waals surface area (Å²) in [6.45, 7) is 11.5. The molecule has 0 saturated carbocycles. The second kappa shape index (κ2) is 7.97. The molecule has 22 heavy (non-hydrogen) atoms. The molecule has 1 aromatic carbocycles. The first-order valence-corrected chi connectivity index (χ1v) is 7.70. The normalized spacial score (nSPS) is 12.1. The van der Waals surface area contributed by atoms with Gasteiger partial charge in [0.25, 0.3) is 0 Å². The van der Waals surface area contributed by atoms with Gasteiger partial charge in [0.2, 0.25) is 0 Å². The molecule has 0 bridgehead atoms. The van der Waals surface area contributed by atoms with Gasteiger partial charge >= 0.3 is 11.9 Å². The van der Waals surface area contributed by atoms with E-state index < -0.39 is 6.10 Å². The van der Waals surface area contributed by atoms with Crippen LogP contribution in [0.25, 0.3) is 0 Å². The largest absolute Gasteiger partial charge is 0.458 e. The van der Waals surface area contributed by atoms with Crippen molar-refractivity contribution in [3.8, 4) is 0 Å². The van der Waals surface area contributed by atoms with Crippen molar-refractivity contribution in [3.05, 3.63) is 34.4 Å². The summed E-state index contributed by atoms with van der Waals surface area (Å²) in [5.41, 5.74) is 3.50. The van der Waals surface area contributed by atoms with Gasteiger partial charge in [0.15, 0.2) is 0 Å². The van der Waals surface area contributed by atoms with Gasteiger partial charge in [-0.3, -0.25) is 4.79 Å². The average molecular weight is 306 g/mol. The molecule has 4 heteroatoms. The maximum atomic E-state index is 12.3. The van der Waals surface area contributed by atoms with Gasteiger partial charge in [-0.1, -0.05) is 38.5 Å². The number of rotatable bonds is 6. The lowest BCUT2D eigenvalue weighted by Gasteiger charge is -2.21. The number of hydrogen-bond donors (Lipinski definition) is 0. The molecule has 122 valence electrons. The van der Waals surface area contributed by atoms with Crippen LogP contribution in [0.4, 0.5) is 0 Å². The van der Waals surface area contributed by atoms with Crippen molar-refractivity contribution in [2.45, 2.75) is 54.1 Å². The van der Waals surface area contributed by atoms with Crippen LogP contribution in [-0.2, 0) is 14.3 Å². The van der Waals surface area contributed by atoms with Crippen LogP contribution in [0.5, 0.6) is 0 Å². The molecule has 0 N–H and O–H groups in total. The van der Waals surface area contributed by atoms with Crippen molar-refractivity contribution in [3.63, 3.8) is 0 Å². The van der Waals surface area contributed by atoms with Crippen LogP contribution in [0.2, 0.25) is 0 Å². The van der Waals surface area contributed by atoms with Crippen LogP contribution in [0, 0.1) is 26.7 Å². The Morgan fingerprint density at radius 3 is 2.09 bits per heavy atom. The molecule has 0 spiro atoms. The maximum Gasteiger partial charge on any atom is 0.338 e. The monoisotopic (exact) mass is 306 g/mol.